The first-order valence-electron chi connectivity index (χ1n) is 14.3. The van der Waals surface area contributed by atoms with Gasteiger partial charge < -0.3 is 24.2 Å². The third-order valence-corrected chi connectivity index (χ3v) is 8.11. The number of H-pyrrole nitrogens is 2. The van der Waals surface area contributed by atoms with Gasteiger partial charge in [0.25, 0.3) is 6.43 Å². The van der Waals surface area contributed by atoms with Crippen LogP contribution in [0.15, 0.2) is 54.9 Å². The van der Waals surface area contributed by atoms with Crippen molar-refractivity contribution in [3.05, 3.63) is 94.7 Å². The molecule has 0 saturated heterocycles. The van der Waals surface area contributed by atoms with Crippen LogP contribution in [0.3, 0.4) is 0 Å². The summed E-state index contributed by atoms with van der Waals surface area (Å²) in [7, 11) is 0. The second-order valence-corrected chi connectivity index (χ2v) is 10.8. The normalized spacial score (nSPS) is 16.1. The minimum Gasteiger partial charge on any atom is -0.493 e. The van der Waals surface area contributed by atoms with Crippen LogP contribution in [0.2, 0.25) is 0 Å². The molecule has 0 unspecified atom stereocenters. The van der Waals surface area contributed by atoms with Gasteiger partial charge >= 0.3 is 5.97 Å². The number of aromatic amines is 2. The maximum atomic E-state index is 15.1. The number of hydrogen-bond acceptors (Lipinski definition) is 5. The maximum absolute atomic E-state index is 15.1. The second kappa shape index (κ2) is 11.9. The van der Waals surface area contributed by atoms with Crippen molar-refractivity contribution >= 4 is 16.9 Å². The molecular formula is C33H28F5N3O4. The zero-order valence-corrected chi connectivity index (χ0v) is 24.3. The van der Waals surface area contributed by atoms with Crippen LogP contribution in [0.5, 0.6) is 17.2 Å². The molecule has 0 aliphatic carbocycles. The molecule has 234 valence electrons. The molecule has 45 heavy (non-hydrogen) atoms. The van der Waals surface area contributed by atoms with E-state index in [9.17, 15) is 22.4 Å². The van der Waals surface area contributed by atoms with Crippen LogP contribution < -0.4 is 9.47 Å². The number of aromatic nitrogens is 3. The fraction of sp³-hybridized carbons (Fsp3) is 0.273. The van der Waals surface area contributed by atoms with E-state index < -0.39 is 46.1 Å². The molecule has 1 aliphatic heterocycles. The summed E-state index contributed by atoms with van der Waals surface area (Å²) in [6.07, 6.45) is 0.857. The van der Waals surface area contributed by atoms with Crippen LogP contribution in [0.1, 0.15) is 55.5 Å². The van der Waals surface area contributed by atoms with E-state index in [0.717, 1.165) is 23.3 Å². The van der Waals surface area contributed by atoms with Gasteiger partial charge in [-0.1, -0.05) is 18.2 Å². The number of para-hydroxylation sites is 1. The number of carbonyl (C=O) groups is 1. The maximum Gasteiger partial charge on any atom is 0.306 e. The average Bonchev–Trinajstić information content (AvgIpc) is 3.71. The molecule has 7 nitrogen and oxygen atoms in total. The number of halogens is 5. The molecule has 0 amide bonds. The van der Waals surface area contributed by atoms with Crippen molar-refractivity contribution in [1.82, 2.24) is 15.0 Å². The minimum absolute atomic E-state index is 0.0694. The third kappa shape index (κ3) is 5.38. The van der Waals surface area contributed by atoms with E-state index in [0.29, 0.717) is 37.5 Å². The Morgan fingerprint density at radius 1 is 1.11 bits per heavy atom. The number of fused-ring (bicyclic) bond motifs is 2. The lowest BCUT2D eigenvalue weighted by Crippen LogP contribution is -2.32. The monoisotopic (exact) mass is 625 g/mol. The third-order valence-electron chi connectivity index (χ3n) is 8.11. The summed E-state index contributed by atoms with van der Waals surface area (Å²) in [6, 6.07) is 10.2. The minimum atomic E-state index is -3.19. The Hall–Kier alpha value is -4.87. The van der Waals surface area contributed by atoms with Crippen LogP contribution in [0, 0.1) is 17.5 Å². The fourth-order valence-corrected chi connectivity index (χ4v) is 5.77. The second-order valence-electron chi connectivity index (χ2n) is 10.8. The number of aryl methyl sites for hydroxylation is 1. The van der Waals surface area contributed by atoms with Crippen molar-refractivity contribution in [3.8, 4) is 28.6 Å². The Balaban J connectivity index is 1.33. The largest absolute Gasteiger partial charge is 0.493 e. The van der Waals surface area contributed by atoms with E-state index >= 15 is 4.39 Å². The molecule has 5 aromatic rings. The van der Waals surface area contributed by atoms with Crippen LogP contribution in [0.4, 0.5) is 22.0 Å². The van der Waals surface area contributed by atoms with Crippen LogP contribution in [-0.4, -0.2) is 34.1 Å². The molecule has 0 radical (unpaired) electrons. The van der Waals surface area contributed by atoms with Crippen LogP contribution in [0.25, 0.3) is 22.3 Å². The van der Waals surface area contributed by atoms with E-state index in [1.807, 2.05) is 25.1 Å². The van der Waals surface area contributed by atoms with Crippen molar-refractivity contribution in [2.45, 2.75) is 45.0 Å². The number of carbonyl (C=O) groups excluding carboxylic acids is 1. The van der Waals surface area contributed by atoms with Crippen molar-refractivity contribution in [2.24, 2.45) is 0 Å². The SMILES string of the molecule is CCOC(=O)CCc1cccc2c1OCC[C@@]2(C)c1c[nH]c(-c2cc(Oc3c(F)c(F)c4[nH]ccc4c3C(F)F)ccc2F)n1. The molecule has 0 spiro atoms. The highest BCUT2D eigenvalue weighted by Crippen LogP contribution is 2.46. The Morgan fingerprint density at radius 3 is 2.71 bits per heavy atom. The predicted molar refractivity (Wildman–Crippen MR) is 155 cm³/mol. The van der Waals surface area contributed by atoms with Crippen LogP contribution in [-0.2, 0) is 21.4 Å². The van der Waals surface area contributed by atoms with E-state index in [1.54, 1.807) is 13.1 Å². The van der Waals surface area contributed by atoms with Crippen molar-refractivity contribution < 1.29 is 41.0 Å². The Labute approximate surface area is 254 Å². The standard InChI is InChI=1S/C33H28F5N3O4/c1-3-43-24(42)10-7-17-5-4-6-21-29(17)44-14-12-33(21,2)23-16-40-32(41-23)20-15-18(8-9-22(20)34)45-30-25(31(37)38)19-11-13-39-28(19)26(35)27(30)36/h4-6,8-9,11,13,15-16,31,39H,3,7,10,12,14H2,1-2H3,(H,40,41)/t33-/m1/s1. The highest BCUT2D eigenvalue weighted by atomic mass is 19.3. The summed E-state index contributed by atoms with van der Waals surface area (Å²) in [5, 5.41) is -0.231. The molecule has 1 aliphatic rings. The number of alkyl halides is 2. The smallest absolute Gasteiger partial charge is 0.306 e. The number of imidazole rings is 1. The van der Waals surface area contributed by atoms with Gasteiger partial charge in [-0.3, -0.25) is 4.79 Å². The zero-order valence-electron chi connectivity index (χ0n) is 24.3. The number of esters is 1. The summed E-state index contributed by atoms with van der Waals surface area (Å²) < 4.78 is 89.4. The van der Waals surface area contributed by atoms with Crippen molar-refractivity contribution in [3.63, 3.8) is 0 Å². The molecule has 0 bridgehead atoms. The lowest BCUT2D eigenvalue weighted by molar-refractivity contribution is -0.143. The number of ether oxygens (including phenoxy) is 3. The summed E-state index contributed by atoms with van der Waals surface area (Å²) in [5.74, 6) is -4.40. The van der Waals surface area contributed by atoms with E-state index in [4.69, 9.17) is 14.2 Å². The van der Waals surface area contributed by atoms with Gasteiger partial charge in [0, 0.05) is 35.2 Å². The Morgan fingerprint density at radius 2 is 1.93 bits per heavy atom. The molecule has 3 heterocycles. The summed E-state index contributed by atoms with van der Waals surface area (Å²) in [5.41, 5.74) is 0.328. The highest BCUT2D eigenvalue weighted by molar-refractivity contribution is 5.86. The highest BCUT2D eigenvalue weighted by Gasteiger charge is 2.38. The molecule has 2 N–H and O–H groups in total. The van der Waals surface area contributed by atoms with Crippen LogP contribution >= 0.6 is 0 Å². The zero-order chi connectivity index (χ0) is 31.9. The topological polar surface area (TPSA) is 89.2 Å². The lowest BCUT2D eigenvalue weighted by Gasteiger charge is -2.35. The Kier molecular flexibility index (Phi) is 7.98. The van der Waals surface area contributed by atoms with Gasteiger partial charge in [-0.25, -0.2) is 22.5 Å². The quantitative estimate of drug-likeness (QED) is 0.127. The first-order chi connectivity index (χ1) is 21.6. The molecule has 3 aromatic carbocycles. The van der Waals surface area contributed by atoms with Gasteiger partial charge in [0.1, 0.15) is 23.1 Å². The Bertz CT molecular complexity index is 1900. The van der Waals surface area contributed by atoms with Gasteiger partial charge in [0.2, 0.25) is 5.82 Å². The predicted octanol–water partition coefficient (Wildman–Crippen LogP) is 8.29. The molecule has 6 rings (SSSR count). The lowest BCUT2D eigenvalue weighted by atomic mass is 9.74. The summed E-state index contributed by atoms with van der Waals surface area (Å²) in [4.78, 5) is 22.0. The molecular weight excluding hydrogens is 597 g/mol. The van der Waals surface area contributed by atoms with Crippen molar-refractivity contribution in [1.29, 1.82) is 0 Å². The number of nitrogens with zero attached hydrogens (tertiary/aromatic N) is 1. The van der Waals surface area contributed by atoms with Gasteiger partial charge in [0.05, 0.1) is 35.6 Å². The first kappa shape index (κ1) is 30.2. The first-order valence-corrected chi connectivity index (χ1v) is 14.3. The molecule has 12 heteroatoms. The molecule has 0 saturated carbocycles. The number of benzene rings is 3. The van der Waals surface area contributed by atoms with E-state index in [-0.39, 0.29) is 34.9 Å². The molecule has 1 atom stereocenters. The van der Waals surface area contributed by atoms with E-state index in [1.165, 1.54) is 18.3 Å². The molecule has 0 fully saturated rings. The average molecular weight is 626 g/mol. The number of hydrogen-bond donors (Lipinski definition) is 2. The van der Waals surface area contributed by atoms with E-state index in [2.05, 4.69) is 15.0 Å². The van der Waals surface area contributed by atoms with Gasteiger partial charge in [-0.15, -0.1) is 0 Å². The van der Waals surface area contributed by atoms with Gasteiger partial charge in [0.15, 0.2) is 11.6 Å². The fourth-order valence-electron chi connectivity index (χ4n) is 5.77. The van der Waals surface area contributed by atoms with Gasteiger partial charge in [-0.2, -0.15) is 4.39 Å². The van der Waals surface area contributed by atoms with Gasteiger partial charge in [-0.05, 0) is 56.5 Å². The summed E-state index contributed by atoms with van der Waals surface area (Å²) >= 11 is 0. The summed E-state index contributed by atoms with van der Waals surface area (Å²) in [6.45, 7) is 4.41. The van der Waals surface area contributed by atoms with Crippen molar-refractivity contribution in [2.75, 3.05) is 13.2 Å². The molecule has 2 aromatic heterocycles. The number of nitrogens with one attached hydrogen (secondary N) is 2. The number of rotatable bonds is 9.